The minimum Gasteiger partial charge on any atom is -0.394 e. The lowest BCUT2D eigenvalue weighted by Crippen LogP contribution is -2.11. The molecule has 0 aliphatic rings. The van der Waals surface area contributed by atoms with Gasteiger partial charge in [-0.1, -0.05) is 13.8 Å². The lowest BCUT2D eigenvalue weighted by atomic mass is 10.2. The van der Waals surface area contributed by atoms with Gasteiger partial charge in [0.25, 0.3) is 0 Å². The van der Waals surface area contributed by atoms with Gasteiger partial charge in [0.15, 0.2) is 0 Å². The van der Waals surface area contributed by atoms with Gasteiger partial charge in [-0.3, -0.25) is 4.80 Å². The van der Waals surface area contributed by atoms with Crippen molar-refractivity contribution < 1.29 is 9.22 Å². The summed E-state index contributed by atoms with van der Waals surface area (Å²) in [4.78, 5) is 9.97. The summed E-state index contributed by atoms with van der Waals surface area (Å²) in [7, 11) is -1.41. The Hall–Kier alpha value is 0.137. The van der Waals surface area contributed by atoms with E-state index < -0.39 is 10.0 Å². The predicted octanol–water partition coefficient (Wildman–Crippen LogP) is 0.621. The van der Waals surface area contributed by atoms with Crippen LogP contribution in [0.5, 0.6) is 0 Å². The van der Waals surface area contributed by atoms with E-state index in [9.17, 15) is 4.80 Å². The van der Waals surface area contributed by atoms with Crippen molar-refractivity contribution in [2.24, 2.45) is 0 Å². The van der Waals surface area contributed by atoms with Crippen LogP contribution in [0.1, 0.15) is 26.7 Å². The van der Waals surface area contributed by atoms with Crippen LogP contribution in [-0.4, -0.2) is 16.1 Å². The molecule has 0 aliphatic carbocycles. The van der Waals surface area contributed by atoms with E-state index >= 15 is 0 Å². The molecule has 0 rings (SSSR count). The molecule has 0 heterocycles. The van der Waals surface area contributed by atoms with Gasteiger partial charge in [0.2, 0.25) is 0 Å². The van der Waals surface area contributed by atoms with Crippen LogP contribution in [0.2, 0.25) is 0 Å². The first kappa shape index (κ1) is 8.14. The summed E-state index contributed by atoms with van der Waals surface area (Å²) >= 11 is 0. The summed E-state index contributed by atoms with van der Waals surface area (Å²) in [5.74, 6) is 0. The first-order valence-corrected chi connectivity index (χ1v) is 4.20. The van der Waals surface area contributed by atoms with Gasteiger partial charge in [-0.15, -0.1) is 0 Å². The fourth-order valence-electron chi connectivity index (χ4n) is 0.621. The number of hydrogen-bond donors (Lipinski definition) is 0. The topological polar surface area (TPSA) is 29.1 Å². The third-order valence-corrected chi connectivity index (χ3v) is 1.82. The Morgan fingerprint density at radius 3 is 2.12 bits per heavy atom. The lowest BCUT2D eigenvalue weighted by molar-refractivity contribution is 0.161. The fraction of sp³-hybridized carbons (Fsp3) is 1.00. The fourth-order valence-corrected chi connectivity index (χ4v) is 1.28. The highest BCUT2D eigenvalue weighted by Crippen LogP contribution is 1.99. The molecular formula is C5H13O2Si. The van der Waals surface area contributed by atoms with E-state index in [0.29, 0.717) is 0 Å². The van der Waals surface area contributed by atoms with Gasteiger partial charge in [-0.2, -0.15) is 0 Å². The van der Waals surface area contributed by atoms with Gasteiger partial charge in [-0.05, 0) is 12.8 Å². The SMILES string of the molecule is CCC(CC)O[SiH2][O]. The average molecular weight is 133 g/mol. The Morgan fingerprint density at radius 1 is 1.50 bits per heavy atom. The molecular weight excluding hydrogens is 120 g/mol. The molecule has 49 valence electrons. The van der Waals surface area contributed by atoms with Crippen molar-refractivity contribution in [2.45, 2.75) is 32.8 Å². The van der Waals surface area contributed by atoms with Crippen molar-refractivity contribution in [1.29, 1.82) is 0 Å². The average Bonchev–Trinajstić information content (AvgIpc) is 1.83. The summed E-state index contributed by atoms with van der Waals surface area (Å²) < 4.78 is 4.92. The Morgan fingerprint density at radius 2 is 2.00 bits per heavy atom. The molecule has 0 fully saturated rings. The van der Waals surface area contributed by atoms with Crippen molar-refractivity contribution in [1.82, 2.24) is 0 Å². The van der Waals surface area contributed by atoms with E-state index in [1.165, 1.54) is 0 Å². The van der Waals surface area contributed by atoms with E-state index in [4.69, 9.17) is 4.43 Å². The monoisotopic (exact) mass is 133 g/mol. The van der Waals surface area contributed by atoms with Gasteiger partial charge in [0.1, 0.15) is 0 Å². The van der Waals surface area contributed by atoms with Gasteiger partial charge in [0.05, 0.1) is 0 Å². The van der Waals surface area contributed by atoms with E-state index in [-0.39, 0.29) is 6.10 Å². The Balaban J connectivity index is 3.07. The smallest absolute Gasteiger partial charge is 0.343 e. The van der Waals surface area contributed by atoms with Crippen LogP contribution in [0.4, 0.5) is 0 Å². The van der Waals surface area contributed by atoms with Crippen LogP contribution in [0, 0.1) is 0 Å². The zero-order chi connectivity index (χ0) is 6.41. The number of rotatable bonds is 4. The first-order valence-electron chi connectivity index (χ1n) is 3.04. The van der Waals surface area contributed by atoms with E-state index in [0.717, 1.165) is 12.8 Å². The molecule has 0 unspecified atom stereocenters. The second-order valence-corrected chi connectivity index (χ2v) is 2.29. The first-order chi connectivity index (χ1) is 3.85. The summed E-state index contributed by atoms with van der Waals surface area (Å²) in [5, 5.41) is 0. The molecule has 8 heavy (non-hydrogen) atoms. The molecule has 0 spiro atoms. The highest BCUT2D eigenvalue weighted by Gasteiger charge is 2.00. The molecule has 3 heteroatoms. The quantitative estimate of drug-likeness (QED) is 0.517. The molecule has 0 aromatic carbocycles. The van der Waals surface area contributed by atoms with E-state index in [1.54, 1.807) is 0 Å². The van der Waals surface area contributed by atoms with Crippen LogP contribution in [-0.2, 0) is 9.22 Å². The highest BCUT2D eigenvalue weighted by molar-refractivity contribution is 6.15. The molecule has 0 atom stereocenters. The maximum atomic E-state index is 9.97. The van der Waals surface area contributed by atoms with Gasteiger partial charge in [-0.25, -0.2) is 0 Å². The van der Waals surface area contributed by atoms with Crippen LogP contribution in [0.3, 0.4) is 0 Å². The Bertz CT molecular complexity index is 45.7. The van der Waals surface area contributed by atoms with Crippen LogP contribution in [0.25, 0.3) is 0 Å². The molecule has 0 bridgehead atoms. The largest absolute Gasteiger partial charge is 0.394 e. The minimum absolute atomic E-state index is 0.249. The normalized spacial score (nSPS) is 12.0. The molecule has 0 N–H and O–H groups in total. The van der Waals surface area contributed by atoms with Crippen LogP contribution >= 0.6 is 0 Å². The van der Waals surface area contributed by atoms with Crippen LogP contribution in [0.15, 0.2) is 0 Å². The zero-order valence-electron chi connectivity index (χ0n) is 5.52. The van der Waals surface area contributed by atoms with Crippen molar-refractivity contribution in [3.63, 3.8) is 0 Å². The molecule has 0 saturated heterocycles. The molecule has 0 aromatic rings. The summed E-state index contributed by atoms with van der Waals surface area (Å²) in [5.41, 5.74) is 0. The second-order valence-electron chi connectivity index (χ2n) is 1.72. The van der Waals surface area contributed by atoms with E-state index in [1.807, 2.05) is 13.8 Å². The van der Waals surface area contributed by atoms with Crippen LogP contribution < -0.4 is 0 Å². The summed E-state index contributed by atoms with van der Waals surface area (Å²) in [6.07, 6.45) is 2.21. The standard InChI is InChI=1S/C5H13O2Si/c1-3-5(4-2)7-8-6/h5H,3-4,8H2,1-2H3. The molecule has 0 aliphatic heterocycles. The van der Waals surface area contributed by atoms with Crippen molar-refractivity contribution in [2.75, 3.05) is 0 Å². The highest BCUT2D eigenvalue weighted by atomic mass is 28.2. The maximum Gasteiger partial charge on any atom is 0.343 e. The zero-order valence-corrected chi connectivity index (χ0v) is 6.93. The van der Waals surface area contributed by atoms with Gasteiger partial charge in [0, 0.05) is 6.10 Å². The van der Waals surface area contributed by atoms with Crippen molar-refractivity contribution in [3.8, 4) is 0 Å². The summed E-state index contributed by atoms with van der Waals surface area (Å²) in [6, 6.07) is 0. The summed E-state index contributed by atoms with van der Waals surface area (Å²) in [6.45, 7) is 4.08. The Labute approximate surface area is 52.9 Å². The lowest BCUT2D eigenvalue weighted by Gasteiger charge is -2.09. The third-order valence-electron chi connectivity index (χ3n) is 1.21. The maximum absolute atomic E-state index is 9.97. The predicted molar refractivity (Wildman–Crippen MR) is 34.7 cm³/mol. The van der Waals surface area contributed by atoms with Crippen molar-refractivity contribution >= 4 is 10.0 Å². The molecule has 0 saturated carbocycles. The van der Waals surface area contributed by atoms with Gasteiger partial charge >= 0.3 is 10.0 Å². The Kier molecular flexibility index (Phi) is 5.37. The second kappa shape index (κ2) is 5.28. The molecule has 0 aromatic heterocycles. The third kappa shape index (κ3) is 3.18. The van der Waals surface area contributed by atoms with E-state index in [2.05, 4.69) is 0 Å². The molecule has 0 amide bonds. The van der Waals surface area contributed by atoms with Crippen molar-refractivity contribution in [3.05, 3.63) is 0 Å². The molecule has 2 nitrogen and oxygen atoms in total. The minimum atomic E-state index is -1.41. The number of hydrogen-bond acceptors (Lipinski definition) is 1. The molecule has 1 radical (unpaired) electrons. The van der Waals surface area contributed by atoms with Gasteiger partial charge < -0.3 is 4.43 Å².